The summed E-state index contributed by atoms with van der Waals surface area (Å²) in [5, 5.41) is 0. The number of Topliss-reactive ketones (excluding diaryl/α,β-unsaturated/α-hetero) is 1. The summed E-state index contributed by atoms with van der Waals surface area (Å²) in [6.45, 7) is 0. The van der Waals surface area contributed by atoms with Crippen LogP contribution in [0.25, 0.3) is 0 Å². The molecule has 2 fully saturated rings. The van der Waals surface area contributed by atoms with Crippen molar-refractivity contribution in [2.45, 2.75) is 77.0 Å². The molecule has 0 unspecified atom stereocenters. The smallest absolute Gasteiger partial charge is 0.136 e. The van der Waals surface area contributed by atoms with Crippen molar-refractivity contribution in [2.24, 2.45) is 11.8 Å². The number of rotatable bonds is 0. The summed E-state index contributed by atoms with van der Waals surface area (Å²) < 4.78 is 0. The summed E-state index contributed by atoms with van der Waals surface area (Å²) >= 11 is 0. The van der Waals surface area contributed by atoms with Gasteiger partial charge in [-0.15, -0.1) is 0 Å². The largest absolute Gasteiger partial charge is 0.299 e. The summed E-state index contributed by atoms with van der Waals surface area (Å²) in [6, 6.07) is 0. The van der Waals surface area contributed by atoms with Crippen molar-refractivity contribution in [3.05, 3.63) is 0 Å². The van der Waals surface area contributed by atoms with Crippen molar-refractivity contribution < 1.29 is 4.79 Å². The Labute approximate surface area is 100.0 Å². The molecule has 2 atom stereocenters. The Morgan fingerprint density at radius 3 is 2.00 bits per heavy atom. The Morgan fingerprint density at radius 1 is 0.750 bits per heavy atom. The van der Waals surface area contributed by atoms with E-state index in [0.29, 0.717) is 11.7 Å². The number of fused-ring (bicyclic) bond motifs is 1. The molecule has 1 nitrogen and oxygen atoms in total. The van der Waals surface area contributed by atoms with Gasteiger partial charge < -0.3 is 0 Å². The third-order valence-electron chi connectivity index (χ3n) is 4.33. The van der Waals surface area contributed by atoms with Gasteiger partial charge in [-0.25, -0.2) is 0 Å². The van der Waals surface area contributed by atoms with E-state index in [1.807, 2.05) is 0 Å². The molecule has 1 heteroatoms. The molecule has 0 aromatic heterocycles. The lowest BCUT2D eigenvalue weighted by Crippen LogP contribution is -2.02. The quantitative estimate of drug-likeness (QED) is 0.590. The molecule has 0 saturated heterocycles. The van der Waals surface area contributed by atoms with Crippen molar-refractivity contribution in [1.82, 2.24) is 0 Å². The van der Waals surface area contributed by atoms with Crippen LogP contribution in [0.3, 0.4) is 0 Å². The van der Waals surface area contributed by atoms with Gasteiger partial charge in [0, 0.05) is 12.3 Å². The minimum Gasteiger partial charge on any atom is -0.299 e. The lowest BCUT2D eigenvalue weighted by molar-refractivity contribution is -0.120. The average Bonchev–Trinajstić information content (AvgIpc) is 3.04. The summed E-state index contributed by atoms with van der Waals surface area (Å²) in [7, 11) is 0. The van der Waals surface area contributed by atoms with Gasteiger partial charge in [0.15, 0.2) is 0 Å². The maximum absolute atomic E-state index is 11.8. The Bertz CT molecular complexity index is 221. The predicted octanol–water partition coefficient (Wildman–Crippen LogP) is 4.50. The molecule has 2 rings (SSSR count). The first kappa shape index (κ1) is 12.1. The zero-order valence-corrected chi connectivity index (χ0v) is 10.5. The molecule has 16 heavy (non-hydrogen) atoms. The van der Waals surface area contributed by atoms with Crippen molar-refractivity contribution in [1.29, 1.82) is 0 Å². The van der Waals surface area contributed by atoms with E-state index < -0.39 is 0 Å². The van der Waals surface area contributed by atoms with Gasteiger partial charge in [-0.05, 0) is 25.2 Å². The highest BCUT2D eigenvalue weighted by Gasteiger charge is 2.40. The molecule has 0 aliphatic heterocycles. The topological polar surface area (TPSA) is 17.1 Å². The van der Waals surface area contributed by atoms with Crippen molar-refractivity contribution in [2.75, 3.05) is 0 Å². The third kappa shape index (κ3) is 3.92. The SMILES string of the molecule is O=C1CCCCCCCCCCC[C@H]2C[C@H]12. The van der Waals surface area contributed by atoms with Crippen LogP contribution in [0.2, 0.25) is 0 Å². The Morgan fingerprint density at radius 2 is 1.31 bits per heavy atom. The second-order valence-corrected chi connectivity index (χ2v) is 5.79. The highest BCUT2D eigenvalue weighted by atomic mass is 16.1. The second-order valence-electron chi connectivity index (χ2n) is 5.79. The van der Waals surface area contributed by atoms with Gasteiger partial charge in [0.1, 0.15) is 5.78 Å². The maximum Gasteiger partial charge on any atom is 0.136 e. The van der Waals surface area contributed by atoms with Gasteiger partial charge >= 0.3 is 0 Å². The summed E-state index contributed by atoms with van der Waals surface area (Å²) in [6.07, 6.45) is 15.6. The minimum atomic E-state index is 0.489. The van der Waals surface area contributed by atoms with Crippen LogP contribution >= 0.6 is 0 Å². The monoisotopic (exact) mass is 222 g/mol. The van der Waals surface area contributed by atoms with Crippen molar-refractivity contribution in [3.8, 4) is 0 Å². The van der Waals surface area contributed by atoms with Gasteiger partial charge in [-0.1, -0.05) is 51.4 Å². The number of ketones is 1. The first-order valence-electron chi connectivity index (χ1n) is 7.40. The highest BCUT2D eigenvalue weighted by Crippen LogP contribution is 2.44. The molecule has 92 valence electrons. The van der Waals surface area contributed by atoms with E-state index in [9.17, 15) is 4.79 Å². The zero-order valence-electron chi connectivity index (χ0n) is 10.5. The van der Waals surface area contributed by atoms with Gasteiger partial charge in [0.2, 0.25) is 0 Å². The van der Waals surface area contributed by atoms with Crippen molar-refractivity contribution in [3.63, 3.8) is 0 Å². The molecule has 0 aromatic carbocycles. The average molecular weight is 222 g/mol. The van der Waals surface area contributed by atoms with E-state index in [-0.39, 0.29) is 0 Å². The highest BCUT2D eigenvalue weighted by molar-refractivity contribution is 5.83. The molecule has 0 heterocycles. The normalized spacial score (nSPS) is 33.9. The Hall–Kier alpha value is -0.330. The van der Waals surface area contributed by atoms with Crippen LogP contribution in [0.5, 0.6) is 0 Å². The number of carbonyl (C=O) groups excluding carboxylic acids is 1. The molecule has 0 amide bonds. The van der Waals surface area contributed by atoms with E-state index in [1.165, 1.54) is 64.2 Å². The molecule has 0 bridgehead atoms. The van der Waals surface area contributed by atoms with E-state index in [4.69, 9.17) is 0 Å². The van der Waals surface area contributed by atoms with Gasteiger partial charge in [0.05, 0.1) is 0 Å². The second kappa shape index (κ2) is 6.42. The van der Waals surface area contributed by atoms with Gasteiger partial charge in [-0.3, -0.25) is 4.79 Å². The lowest BCUT2D eigenvalue weighted by Gasteiger charge is -2.05. The van der Waals surface area contributed by atoms with E-state index >= 15 is 0 Å². The molecule has 2 aliphatic rings. The van der Waals surface area contributed by atoms with Crippen LogP contribution in [-0.4, -0.2) is 5.78 Å². The van der Waals surface area contributed by atoms with Gasteiger partial charge in [-0.2, -0.15) is 0 Å². The van der Waals surface area contributed by atoms with Crippen LogP contribution in [0.15, 0.2) is 0 Å². The molecule has 2 aliphatic carbocycles. The Kier molecular flexibility index (Phi) is 4.87. The van der Waals surface area contributed by atoms with Gasteiger partial charge in [0.25, 0.3) is 0 Å². The first-order valence-corrected chi connectivity index (χ1v) is 7.40. The lowest BCUT2D eigenvalue weighted by atomic mass is 10.0. The first-order chi connectivity index (χ1) is 7.88. The van der Waals surface area contributed by atoms with E-state index in [0.717, 1.165) is 18.8 Å². The maximum atomic E-state index is 11.8. The third-order valence-corrected chi connectivity index (χ3v) is 4.33. The summed E-state index contributed by atoms with van der Waals surface area (Å²) in [5.41, 5.74) is 0. The summed E-state index contributed by atoms with van der Waals surface area (Å²) in [5.74, 6) is 1.86. The van der Waals surface area contributed by atoms with E-state index in [2.05, 4.69) is 0 Å². The fourth-order valence-electron chi connectivity index (χ4n) is 3.09. The molecule has 0 N–H and O–H groups in total. The van der Waals surface area contributed by atoms with Crippen LogP contribution in [0.1, 0.15) is 77.0 Å². The molecular weight excluding hydrogens is 196 g/mol. The molecule has 0 aromatic rings. The van der Waals surface area contributed by atoms with Crippen LogP contribution in [0.4, 0.5) is 0 Å². The number of hydrogen-bond acceptors (Lipinski definition) is 1. The number of carbonyl (C=O) groups is 1. The minimum absolute atomic E-state index is 0.489. The summed E-state index contributed by atoms with van der Waals surface area (Å²) in [4.78, 5) is 11.8. The molecule has 0 radical (unpaired) electrons. The molecule has 0 spiro atoms. The molecular formula is C15H26O. The number of hydrogen-bond donors (Lipinski definition) is 0. The van der Waals surface area contributed by atoms with E-state index in [1.54, 1.807) is 0 Å². The molecule has 2 saturated carbocycles. The Balaban J connectivity index is 1.71. The fraction of sp³-hybridized carbons (Fsp3) is 0.933. The predicted molar refractivity (Wildman–Crippen MR) is 67.4 cm³/mol. The van der Waals surface area contributed by atoms with Crippen LogP contribution < -0.4 is 0 Å². The van der Waals surface area contributed by atoms with Crippen molar-refractivity contribution >= 4 is 5.78 Å². The zero-order chi connectivity index (χ0) is 11.2. The van der Waals surface area contributed by atoms with Crippen LogP contribution in [-0.2, 0) is 4.79 Å². The van der Waals surface area contributed by atoms with Crippen LogP contribution in [0, 0.1) is 11.8 Å². The fourth-order valence-corrected chi connectivity index (χ4v) is 3.09. The standard InChI is InChI=1S/C15H26O/c16-15-11-9-7-5-3-1-2-4-6-8-10-13-12-14(13)15/h13-14H,1-12H2/t13-,14-/m0/s1.